The Morgan fingerprint density at radius 1 is 0.909 bits per heavy atom. The van der Waals surface area contributed by atoms with Crippen LogP contribution in [0, 0.1) is 0 Å². The van der Waals surface area contributed by atoms with Gasteiger partial charge >= 0.3 is 0 Å². The highest BCUT2D eigenvalue weighted by molar-refractivity contribution is 7.84. The quantitative estimate of drug-likeness (QED) is 0.426. The van der Waals surface area contributed by atoms with Gasteiger partial charge in [0.15, 0.2) is 0 Å². The zero-order valence-corrected chi connectivity index (χ0v) is 15.1. The van der Waals surface area contributed by atoms with E-state index in [1.165, 1.54) is 51.4 Å². The highest BCUT2D eigenvalue weighted by Gasteiger charge is 2.05. The Labute approximate surface area is 138 Å². The van der Waals surface area contributed by atoms with E-state index in [1.807, 2.05) is 0 Å². The van der Waals surface area contributed by atoms with Gasteiger partial charge in [0, 0.05) is 35.3 Å². The van der Waals surface area contributed by atoms with Crippen molar-refractivity contribution in [1.29, 1.82) is 0 Å². The van der Waals surface area contributed by atoms with Gasteiger partial charge in [0.25, 0.3) is 0 Å². The summed E-state index contributed by atoms with van der Waals surface area (Å²) >= 11 is 0. The topological polar surface area (TPSA) is 66.4 Å². The van der Waals surface area contributed by atoms with E-state index < -0.39 is 10.8 Å². The average molecular weight is 334 g/mol. The summed E-state index contributed by atoms with van der Waals surface area (Å²) < 4.78 is 11.7. The minimum absolute atomic E-state index is 0.0482. The van der Waals surface area contributed by atoms with E-state index in [4.69, 9.17) is 5.11 Å². The van der Waals surface area contributed by atoms with E-state index >= 15 is 0 Å². The largest absolute Gasteiger partial charge is 0.395 e. The summed E-state index contributed by atoms with van der Waals surface area (Å²) in [6.07, 6.45) is 13.1. The van der Waals surface area contributed by atoms with Gasteiger partial charge in [-0.25, -0.2) is 0 Å². The molecular weight excluding hydrogens is 298 g/mol. The van der Waals surface area contributed by atoms with E-state index in [0.717, 1.165) is 12.8 Å². The highest BCUT2D eigenvalue weighted by atomic mass is 32.2. The van der Waals surface area contributed by atoms with Crippen LogP contribution in [0.2, 0.25) is 0 Å². The van der Waals surface area contributed by atoms with Crippen LogP contribution in [0.5, 0.6) is 0 Å². The molecule has 1 amide bonds. The van der Waals surface area contributed by atoms with Crippen LogP contribution in [-0.4, -0.2) is 39.9 Å². The van der Waals surface area contributed by atoms with E-state index in [-0.39, 0.29) is 19.1 Å². The molecule has 4 nitrogen and oxygen atoms in total. The zero-order valence-electron chi connectivity index (χ0n) is 14.3. The summed E-state index contributed by atoms with van der Waals surface area (Å²) in [4.78, 5) is 11.3. The number of rotatable bonds is 16. The van der Waals surface area contributed by atoms with E-state index in [0.29, 0.717) is 17.9 Å². The molecular formula is C17H35NO3S. The van der Waals surface area contributed by atoms with Crippen molar-refractivity contribution in [2.45, 2.75) is 77.6 Å². The molecule has 0 aliphatic heterocycles. The molecule has 0 heterocycles. The lowest BCUT2D eigenvalue weighted by molar-refractivity contribution is -0.120. The second-order valence-corrected chi connectivity index (χ2v) is 7.55. The fourth-order valence-electron chi connectivity index (χ4n) is 2.34. The highest BCUT2D eigenvalue weighted by Crippen LogP contribution is 2.10. The van der Waals surface area contributed by atoms with Gasteiger partial charge in [0.2, 0.25) is 5.91 Å². The van der Waals surface area contributed by atoms with Gasteiger partial charge in [-0.05, 0) is 6.42 Å². The zero-order chi connectivity index (χ0) is 16.5. The van der Waals surface area contributed by atoms with Crippen molar-refractivity contribution in [2.75, 3.05) is 24.7 Å². The number of carbonyl (C=O) groups excluding carboxylic acids is 1. The molecule has 0 fully saturated rings. The van der Waals surface area contributed by atoms with Crippen molar-refractivity contribution in [2.24, 2.45) is 0 Å². The third kappa shape index (κ3) is 16.0. The van der Waals surface area contributed by atoms with Crippen LogP contribution >= 0.6 is 0 Å². The fourth-order valence-corrected chi connectivity index (χ4v) is 3.49. The first kappa shape index (κ1) is 21.6. The van der Waals surface area contributed by atoms with Gasteiger partial charge in [0.05, 0.1) is 6.61 Å². The van der Waals surface area contributed by atoms with Crippen LogP contribution in [0.15, 0.2) is 0 Å². The Morgan fingerprint density at radius 3 is 2.00 bits per heavy atom. The summed E-state index contributed by atoms with van der Waals surface area (Å²) in [5.74, 6) is 1.03. The van der Waals surface area contributed by atoms with Crippen LogP contribution in [0.3, 0.4) is 0 Å². The molecule has 0 aromatic carbocycles. The molecule has 0 aromatic heterocycles. The van der Waals surface area contributed by atoms with Crippen molar-refractivity contribution in [3.05, 3.63) is 0 Å². The third-order valence-corrected chi connectivity index (χ3v) is 5.12. The summed E-state index contributed by atoms with van der Waals surface area (Å²) in [5.41, 5.74) is 0. The number of hydrogen-bond donors (Lipinski definition) is 2. The Balaban J connectivity index is 3.26. The number of carbonyl (C=O) groups is 1. The number of nitrogens with one attached hydrogen (secondary N) is 1. The van der Waals surface area contributed by atoms with Gasteiger partial charge in [-0.2, -0.15) is 0 Å². The second-order valence-electron chi connectivity index (χ2n) is 5.85. The Morgan fingerprint density at radius 2 is 1.45 bits per heavy atom. The molecule has 2 N–H and O–H groups in total. The first-order valence-corrected chi connectivity index (χ1v) is 10.4. The number of amides is 1. The lowest BCUT2D eigenvalue weighted by Gasteiger charge is -2.04. The van der Waals surface area contributed by atoms with Crippen molar-refractivity contribution >= 4 is 16.7 Å². The average Bonchev–Trinajstić information content (AvgIpc) is 2.52. The molecule has 22 heavy (non-hydrogen) atoms. The predicted molar refractivity (Wildman–Crippen MR) is 94.4 cm³/mol. The summed E-state index contributed by atoms with van der Waals surface area (Å²) in [6.45, 7) is 2.48. The predicted octanol–water partition coefficient (Wildman–Crippen LogP) is 3.15. The normalized spacial score (nSPS) is 12.3. The monoisotopic (exact) mass is 333 g/mol. The number of unbranched alkanes of at least 4 members (excludes halogenated alkanes) is 9. The molecule has 1 unspecified atom stereocenters. The Bertz CT molecular complexity index is 285. The van der Waals surface area contributed by atoms with Gasteiger partial charge in [-0.1, -0.05) is 64.7 Å². The summed E-state index contributed by atoms with van der Waals surface area (Å²) in [5, 5.41) is 11.1. The molecule has 1 atom stereocenters. The summed E-state index contributed by atoms with van der Waals surface area (Å²) in [7, 11) is -0.882. The van der Waals surface area contributed by atoms with E-state index in [9.17, 15) is 9.00 Å². The smallest absolute Gasteiger partial charge is 0.221 e. The van der Waals surface area contributed by atoms with Crippen LogP contribution in [0.25, 0.3) is 0 Å². The molecule has 132 valence electrons. The van der Waals surface area contributed by atoms with Crippen LogP contribution in [0.1, 0.15) is 77.6 Å². The SMILES string of the molecule is CCCCCCCCCCCCS(=O)CCC(=O)NCCO. The molecule has 0 radical (unpaired) electrons. The molecule has 0 bridgehead atoms. The fraction of sp³-hybridized carbons (Fsp3) is 0.941. The van der Waals surface area contributed by atoms with Gasteiger partial charge in [0.1, 0.15) is 0 Å². The Kier molecular flexibility index (Phi) is 16.6. The summed E-state index contributed by atoms with van der Waals surface area (Å²) in [6, 6.07) is 0. The molecule has 0 aliphatic rings. The van der Waals surface area contributed by atoms with Crippen LogP contribution in [0.4, 0.5) is 0 Å². The Hall–Kier alpha value is -0.420. The molecule has 0 rings (SSSR count). The van der Waals surface area contributed by atoms with E-state index in [2.05, 4.69) is 12.2 Å². The molecule has 0 spiro atoms. The molecule has 0 aromatic rings. The van der Waals surface area contributed by atoms with Crippen LogP contribution < -0.4 is 5.32 Å². The van der Waals surface area contributed by atoms with Crippen molar-refractivity contribution in [3.63, 3.8) is 0 Å². The number of hydrogen-bond acceptors (Lipinski definition) is 3. The maximum Gasteiger partial charge on any atom is 0.221 e. The molecule has 0 aliphatic carbocycles. The lowest BCUT2D eigenvalue weighted by Crippen LogP contribution is -2.27. The number of aliphatic hydroxyl groups excluding tert-OH is 1. The van der Waals surface area contributed by atoms with Gasteiger partial charge in [-0.15, -0.1) is 0 Å². The molecule has 0 saturated heterocycles. The maximum atomic E-state index is 11.7. The molecule has 5 heteroatoms. The van der Waals surface area contributed by atoms with Crippen molar-refractivity contribution in [1.82, 2.24) is 5.32 Å². The van der Waals surface area contributed by atoms with Crippen molar-refractivity contribution in [3.8, 4) is 0 Å². The van der Waals surface area contributed by atoms with E-state index in [1.54, 1.807) is 0 Å². The molecule has 0 saturated carbocycles. The van der Waals surface area contributed by atoms with Crippen molar-refractivity contribution < 1.29 is 14.1 Å². The number of aliphatic hydroxyl groups is 1. The standard InChI is InChI=1S/C17H35NO3S/c1-2-3-4-5-6-7-8-9-10-11-15-22(21)16-12-17(20)18-13-14-19/h19H,2-16H2,1H3,(H,18,20). The third-order valence-electron chi connectivity index (χ3n) is 3.72. The van der Waals surface area contributed by atoms with Crippen LogP contribution in [-0.2, 0) is 15.6 Å². The minimum Gasteiger partial charge on any atom is -0.395 e. The lowest BCUT2D eigenvalue weighted by atomic mass is 10.1. The maximum absolute atomic E-state index is 11.7. The second kappa shape index (κ2) is 16.9. The van der Waals surface area contributed by atoms with Gasteiger partial charge < -0.3 is 10.4 Å². The van der Waals surface area contributed by atoms with Gasteiger partial charge in [-0.3, -0.25) is 9.00 Å². The first-order valence-electron chi connectivity index (χ1n) is 8.93. The minimum atomic E-state index is -0.882. The first-order chi connectivity index (χ1) is 10.7.